The van der Waals surface area contributed by atoms with E-state index in [4.69, 9.17) is 0 Å². The molecule has 0 saturated heterocycles. The van der Waals surface area contributed by atoms with Crippen LogP contribution in [-0.4, -0.2) is 39.6 Å². The average Bonchev–Trinajstić information content (AvgIpc) is 3.07. The van der Waals surface area contributed by atoms with Crippen LogP contribution in [-0.2, 0) is 4.79 Å². The molecule has 1 N–H and O–H groups in total. The quantitative estimate of drug-likeness (QED) is 0.922. The Morgan fingerprint density at radius 3 is 2.73 bits per heavy atom. The van der Waals surface area contributed by atoms with E-state index >= 15 is 0 Å². The van der Waals surface area contributed by atoms with Gasteiger partial charge < -0.3 is 5.32 Å². The number of aromatic nitrogens is 2. The molecule has 0 radical (unpaired) electrons. The van der Waals surface area contributed by atoms with Crippen LogP contribution < -0.4 is 5.32 Å². The van der Waals surface area contributed by atoms with E-state index in [0.717, 1.165) is 11.4 Å². The first kappa shape index (κ1) is 14.2. The zero-order valence-corrected chi connectivity index (χ0v) is 12.4. The van der Waals surface area contributed by atoms with Gasteiger partial charge in [-0.15, -0.1) is 0 Å². The van der Waals surface area contributed by atoms with Gasteiger partial charge in [0.2, 0.25) is 11.9 Å². The standard InChI is InChI=1S/C15H16FN5O/c1-10-9-14(18-15-17-7-8-20(15)11(2)22)21(19-10)13-5-3-12(16)4-6-13/h3-6,9H,7-8H2,1-2H3,(H,17,18). The number of anilines is 1. The van der Waals surface area contributed by atoms with Gasteiger partial charge in [-0.1, -0.05) is 0 Å². The van der Waals surface area contributed by atoms with Crippen molar-refractivity contribution in [2.75, 3.05) is 18.4 Å². The summed E-state index contributed by atoms with van der Waals surface area (Å²) in [5.41, 5.74) is 1.53. The van der Waals surface area contributed by atoms with Crippen molar-refractivity contribution in [3.05, 3.63) is 41.8 Å². The van der Waals surface area contributed by atoms with Gasteiger partial charge in [-0.25, -0.2) is 9.07 Å². The first-order valence-corrected chi connectivity index (χ1v) is 6.97. The minimum Gasteiger partial charge on any atom is -0.310 e. The van der Waals surface area contributed by atoms with Crippen LogP contribution in [0.2, 0.25) is 0 Å². The molecule has 1 aliphatic heterocycles. The summed E-state index contributed by atoms with van der Waals surface area (Å²) in [6.07, 6.45) is 0. The average molecular weight is 301 g/mol. The van der Waals surface area contributed by atoms with Crippen LogP contribution >= 0.6 is 0 Å². The van der Waals surface area contributed by atoms with E-state index in [0.29, 0.717) is 24.9 Å². The zero-order chi connectivity index (χ0) is 15.7. The number of hydrogen-bond acceptors (Lipinski definition) is 4. The van der Waals surface area contributed by atoms with Crippen LogP contribution in [0.1, 0.15) is 12.6 Å². The molecule has 1 amide bonds. The molecule has 22 heavy (non-hydrogen) atoms. The molecule has 3 rings (SSSR count). The molecule has 2 heterocycles. The van der Waals surface area contributed by atoms with Gasteiger partial charge in [-0.2, -0.15) is 5.10 Å². The largest absolute Gasteiger partial charge is 0.310 e. The smallest absolute Gasteiger partial charge is 0.226 e. The molecule has 1 aliphatic rings. The molecule has 114 valence electrons. The molecular formula is C15H16FN5O. The van der Waals surface area contributed by atoms with Crippen LogP contribution in [0.15, 0.2) is 35.3 Å². The van der Waals surface area contributed by atoms with Gasteiger partial charge in [0.05, 0.1) is 17.9 Å². The highest BCUT2D eigenvalue weighted by Gasteiger charge is 2.22. The van der Waals surface area contributed by atoms with Crippen LogP contribution in [0.5, 0.6) is 0 Å². The molecule has 1 aromatic heterocycles. The van der Waals surface area contributed by atoms with Crippen LogP contribution in [0.3, 0.4) is 0 Å². The number of halogens is 1. The molecule has 0 unspecified atom stereocenters. The number of hydrogen-bond donors (Lipinski definition) is 1. The van der Waals surface area contributed by atoms with Crippen molar-refractivity contribution in [2.24, 2.45) is 4.99 Å². The minimum atomic E-state index is -0.301. The number of aliphatic imine (C=N–C) groups is 1. The second-order valence-electron chi connectivity index (χ2n) is 5.06. The van der Waals surface area contributed by atoms with Gasteiger partial charge in [0.1, 0.15) is 11.6 Å². The molecule has 0 fully saturated rings. The number of aryl methyl sites for hydroxylation is 1. The summed E-state index contributed by atoms with van der Waals surface area (Å²) in [4.78, 5) is 17.5. The summed E-state index contributed by atoms with van der Waals surface area (Å²) in [6, 6.07) is 7.90. The predicted molar refractivity (Wildman–Crippen MR) is 81.6 cm³/mol. The van der Waals surface area contributed by atoms with Gasteiger partial charge in [-0.05, 0) is 31.2 Å². The van der Waals surface area contributed by atoms with Crippen LogP contribution in [0.4, 0.5) is 10.2 Å². The monoisotopic (exact) mass is 301 g/mol. The second-order valence-corrected chi connectivity index (χ2v) is 5.06. The number of benzene rings is 1. The molecular weight excluding hydrogens is 285 g/mol. The lowest BCUT2D eigenvalue weighted by molar-refractivity contribution is -0.124. The van der Waals surface area contributed by atoms with Crippen LogP contribution in [0, 0.1) is 12.7 Å². The van der Waals surface area contributed by atoms with Gasteiger partial charge in [0, 0.05) is 19.5 Å². The fourth-order valence-corrected chi connectivity index (χ4v) is 2.34. The Bertz CT molecular complexity index is 735. The minimum absolute atomic E-state index is 0.0617. The number of rotatable bonds is 2. The number of carbonyl (C=O) groups is 1. The lowest BCUT2D eigenvalue weighted by atomic mass is 10.3. The number of amides is 1. The van der Waals surface area contributed by atoms with E-state index in [1.165, 1.54) is 19.1 Å². The highest BCUT2D eigenvalue weighted by Crippen LogP contribution is 2.18. The Balaban J connectivity index is 1.92. The van der Waals surface area contributed by atoms with E-state index in [-0.39, 0.29) is 11.7 Å². The number of nitrogens with zero attached hydrogens (tertiary/aromatic N) is 4. The fourth-order valence-electron chi connectivity index (χ4n) is 2.34. The van der Waals surface area contributed by atoms with Crippen molar-refractivity contribution < 1.29 is 9.18 Å². The Morgan fingerprint density at radius 2 is 2.05 bits per heavy atom. The van der Waals surface area contributed by atoms with E-state index in [2.05, 4.69) is 15.4 Å². The summed E-state index contributed by atoms with van der Waals surface area (Å²) in [7, 11) is 0. The number of nitrogens with one attached hydrogen (secondary N) is 1. The summed E-state index contributed by atoms with van der Waals surface area (Å²) < 4.78 is 14.7. The lowest BCUT2D eigenvalue weighted by Gasteiger charge is -2.17. The third-order valence-corrected chi connectivity index (χ3v) is 3.36. The van der Waals surface area contributed by atoms with Gasteiger partial charge in [0.15, 0.2) is 0 Å². The number of carbonyl (C=O) groups excluding carboxylic acids is 1. The highest BCUT2D eigenvalue weighted by molar-refractivity contribution is 6.04. The molecule has 0 bridgehead atoms. The Morgan fingerprint density at radius 1 is 1.32 bits per heavy atom. The topological polar surface area (TPSA) is 62.5 Å². The molecule has 0 saturated carbocycles. The van der Waals surface area contributed by atoms with Gasteiger partial charge in [0.25, 0.3) is 0 Å². The zero-order valence-electron chi connectivity index (χ0n) is 12.4. The van der Waals surface area contributed by atoms with Crippen molar-refractivity contribution >= 4 is 17.7 Å². The highest BCUT2D eigenvalue weighted by atomic mass is 19.1. The maximum atomic E-state index is 13.1. The summed E-state index contributed by atoms with van der Waals surface area (Å²) in [5.74, 6) is 0.824. The predicted octanol–water partition coefficient (Wildman–Crippen LogP) is 1.95. The van der Waals surface area contributed by atoms with Crippen molar-refractivity contribution in [3.63, 3.8) is 0 Å². The van der Waals surface area contributed by atoms with E-state index in [9.17, 15) is 9.18 Å². The molecule has 0 spiro atoms. The molecule has 1 aromatic carbocycles. The third kappa shape index (κ3) is 2.69. The molecule has 0 aliphatic carbocycles. The van der Waals surface area contributed by atoms with E-state index in [1.807, 2.05) is 13.0 Å². The van der Waals surface area contributed by atoms with Crippen molar-refractivity contribution in [1.82, 2.24) is 14.7 Å². The maximum Gasteiger partial charge on any atom is 0.226 e. The lowest BCUT2D eigenvalue weighted by Crippen LogP contribution is -2.37. The van der Waals surface area contributed by atoms with Crippen LogP contribution in [0.25, 0.3) is 5.69 Å². The van der Waals surface area contributed by atoms with E-state index < -0.39 is 0 Å². The van der Waals surface area contributed by atoms with Gasteiger partial charge in [-0.3, -0.25) is 14.7 Å². The first-order valence-electron chi connectivity index (χ1n) is 6.97. The SMILES string of the molecule is CC(=O)N1CCN=C1Nc1cc(C)nn1-c1ccc(F)cc1. The molecule has 0 atom stereocenters. The Hall–Kier alpha value is -2.70. The third-order valence-electron chi connectivity index (χ3n) is 3.36. The van der Waals surface area contributed by atoms with Crippen molar-refractivity contribution in [2.45, 2.75) is 13.8 Å². The van der Waals surface area contributed by atoms with Gasteiger partial charge >= 0.3 is 0 Å². The number of guanidine groups is 1. The normalized spacial score (nSPS) is 14.1. The van der Waals surface area contributed by atoms with Crippen molar-refractivity contribution in [1.29, 1.82) is 0 Å². The second kappa shape index (κ2) is 5.59. The van der Waals surface area contributed by atoms with E-state index in [1.54, 1.807) is 21.7 Å². The summed E-state index contributed by atoms with van der Waals surface area (Å²) in [6.45, 7) is 4.52. The Labute approximate surface area is 127 Å². The fraction of sp³-hybridized carbons (Fsp3) is 0.267. The molecule has 6 nitrogen and oxygen atoms in total. The molecule has 7 heteroatoms. The Kier molecular flexibility index (Phi) is 3.62. The van der Waals surface area contributed by atoms with Crippen molar-refractivity contribution in [3.8, 4) is 5.69 Å². The maximum absolute atomic E-state index is 13.1. The summed E-state index contributed by atoms with van der Waals surface area (Å²) >= 11 is 0. The first-order chi connectivity index (χ1) is 10.5. The summed E-state index contributed by atoms with van der Waals surface area (Å²) in [5, 5.41) is 7.53. The molecule has 2 aromatic rings.